The molecule has 0 atom stereocenters. The topological polar surface area (TPSA) is 116 Å². The minimum Gasteiger partial charge on any atom is -0.358 e. The van der Waals surface area contributed by atoms with Gasteiger partial charge in [-0.25, -0.2) is 0 Å². The summed E-state index contributed by atoms with van der Waals surface area (Å²) >= 11 is 0. The van der Waals surface area contributed by atoms with Gasteiger partial charge in [0.05, 0.1) is 22.9 Å². The second kappa shape index (κ2) is 6.28. The monoisotopic (exact) mass is 269 g/mol. The first-order chi connectivity index (χ1) is 8.96. The molecule has 1 heterocycles. The third-order valence-corrected chi connectivity index (χ3v) is 3.27. The molecule has 0 aliphatic carbocycles. The summed E-state index contributed by atoms with van der Waals surface area (Å²) < 4.78 is 1.24. The number of carbonyl (C=O) groups is 1. The Balaban J connectivity index is 2.66. The second-order valence-electron chi connectivity index (χ2n) is 4.37. The molecule has 0 aliphatic heterocycles. The lowest BCUT2D eigenvalue weighted by Crippen LogP contribution is -2.53. The Kier molecular flexibility index (Phi) is 4.99. The first kappa shape index (κ1) is 15.1. The van der Waals surface area contributed by atoms with Gasteiger partial charge in [0.1, 0.15) is 6.54 Å². The van der Waals surface area contributed by atoms with Crippen LogP contribution in [-0.4, -0.2) is 32.7 Å². The highest BCUT2D eigenvalue weighted by molar-refractivity contribution is 5.76. The van der Waals surface area contributed by atoms with E-state index in [4.69, 9.17) is 5.73 Å². The Bertz CT molecular complexity index is 445. The van der Waals surface area contributed by atoms with E-state index in [1.807, 2.05) is 13.8 Å². The molecule has 106 valence electrons. The highest BCUT2D eigenvalue weighted by Crippen LogP contribution is 2.13. The van der Waals surface area contributed by atoms with Crippen LogP contribution in [0.1, 0.15) is 26.7 Å². The van der Waals surface area contributed by atoms with Crippen LogP contribution in [0.15, 0.2) is 12.3 Å². The molecule has 0 aromatic carbocycles. The molecule has 1 aromatic rings. The Labute approximate surface area is 111 Å². The van der Waals surface area contributed by atoms with Gasteiger partial charge in [-0.2, -0.15) is 4.68 Å². The van der Waals surface area contributed by atoms with Crippen LogP contribution in [-0.2, 0) is 11.3 Å². The summed E-state index contributed by atoms with van der Waals surface area (Å²) in [6.45, 7) is 4.20. The van der Waals surface area contributed by atoms with E-state index in [0.717, 1.165) is 12.8 Å². The van der Waals surface area contributed by atoms with Crippen molar-refractivity contribution in [2.45, 2.75) is 38.8 Å². The number of hydrogen-bond acceptors (Lipinski definition) is 5. The zero-order valence-corrected chi connectivity index (χ0v) is 11.1. The molecular formula is C11H19N5O3. The summed E-state index contributed by atoms with van der Waals surface area (Å²) in [6.07, 6.45) is 2.86. The van der Waals surface area contributed by atoms with Crippen LogP contribution in [0, 0.1) is 10.1 Å². The zero-order chi connectivity index (χ0) is 14.5. The van der Waals surface area contributed by atoms with Crippen molar-refractivity contribution >= 4 is 11.7 Å². The molecule has 3 N–H and O–H groups in total. The maximum Gasteiger partial charge on any atom is 0.389 e. The average Bonchev–Trinajstić information content (AvgIpc) is 2.84. The number of amides is 1. The fourth-order valence-electron chi connectivity index (χ4n) is 1.79. The lowest BCUT2D eigenvalue weighted by atomic mass is 9.93. The van der Waals surface area contributed by atoms with Crippen molar-refractivity contribution in [1.82, 2.24) is 15.1 Å². The lowest BCUT2D eigenvalue weighted by Gasteiger charge is -2.31. The first-order valence-corrected chi connectivity index (χ1v) is 6.15. The maximum atomic E-state index is 11.9. The molecule has 1 amide bonds. The van der Waals surface area contributed by atoms with Gasteiger partial charge in [0, 0.05) is 6.54 Å². The van der Waals surface area contributed by atoms with E-state index < -0.39 is 10.5 Å². The van der Waals surface area contributed by atoms with Crippen LogP contribution in [0.2, 0.25) is 0 Å². The standard InChI is InChI=1S/C11H19N5O3/c1-3-11(4-2,8-12)13-10(17)7-15-6-5-9(14-15)16(18)19/h5-6H,3-4,7-8,12H2,1-2H3,(H,13,17). The molecule has 8 heteroatoms. The van der Waals surface area contributed by atoms with Crippen LogP contribution in [0.5, 0.6) is 0 Å². The van der Waals surface area contributed by atoms with Gasteiger partial charge >= 0.3 is 5.82 Å². The van der Waals surface area contributed by atoms with Gasteiger partial charge < -0.3 is 21.2 Å². The van der Waals surface area contributed by atoms with Crippen molar-refractivity contribution in [3.05, 3.63) is 22.4 Å². The van der Waals surface area contributed by atoms with E-state index in [2.05, 4.69) is 10.4 Å². The number of nitro groups is 1. The van der Waals surface area contributed by atoms with Crippen LogP contribution in [0.25, 0.3) is 0 Å². The number of rotatable bonds is 7. The van der Waals surface area contributed by atoms with Crippen LogP contribution in [0.3, 0.4) is 0 Å². The van der Waals surface area contributed by atoms with E-state index in [1.165, 1.54) is 16.9 Å². The molecule has 0 unspecified atom stereocenters. The number of hydrogen-bond donors (Lipinski definition) is 2. The van der Waals surface area contributed by atoms with E-state index in [-0.39, 0.29) is 18.3 Å². The van der Waals surface area contributed by atoms with E-state index >= 15 is 0 Å². The van der Waals surface area contributed by atoms with Crippen molar-refractivity contribution in [2.24, 2.45) is 5.73 Å². The summed E-state index contributed by atoms with van der Waals surface area (Å²) in [5.74, 6) is -0.531. The predicted octanol–water partition coefficient (Wildman–Crippen LogP) is 0.425. The molecule has 1 rings (SSSR count). The smallest absolute Gasteiger partial charge is 0.358 e. The van der Waals surface area contributed by atoms with Gasteiger partial charge in [-0.1, -0.05) is 13.8 Å². The third kappa shape index (κ3) is 3.75. The average molecular weight is 269 g/mol. The first-order valence-electron chi connectivity index (χ1n) is 6.15. The lowest BCUT2D eigenvalue weighted by molar-refractivity contribution is -0.389. The number of nitrogens with two attached hydrogens (primary N) is 1. The van der Waals surface area contributed by atoms with Crippen LogP contribution in [0.4, 0.5) is 5.82 Å². The quantitative estimate of drug-likeness (QED) is 0.550. The minimum absolute atomic E-state index is 0.0599. The molecule has 0 aliphatic rings. The van der Waals surface area contributed by atoms with E-state index in [9.17, 15) is 14.9 Å². The molecule has 0 radical (unpaired) electrons. The van der Waals surface area contributed by atoms with Gasteiger partial charge in [0.2, 0.25) is 5.91 Å². The highest BCUT2D eigenvalue weighted by atomic mass is 16.6. The Morgan fingerprint density at radius 2 is 2.21 bits per heavy atom. The van der Waals surface area contributed by atoms with E-state index in [1.54, 1.807) is 0 Å². The normalized spacial score (nSPS) is 11.3. The number of aromatic nitrogens is 2. The summed E-state index contributed by atoms with van der Waals surface area (Å²) in [7, 11) is 0. The van der Waals surface area contributed by atoms with Crippen molar-refractivity contribution in [1.29, 1.82) is 0 Å². The molecule has 8 nitrogen and oxygen atoms in total. The Hall–Kier alpha value is -1.96. The Morgan fingerprint density at radius 1 is 1.58 bits per heavy atom. The Morgan fingerprint density at radius 3 is 2.63 bits per heavy atom. The summed E-state index contributed by atoms with van der Waals surface area (Å²) in [5.41, 5.74) is 5.27. The molecule has 19 heavy (non-hydrogen) atoms. The molecule has 0 saturated carbocycles. The number of nitrogens with zero attached hydrogens (tertiary/aromatic N) is 3. The SMILES string of the molecule is CCC(CC)(CN)NC(=O)Cn1ccc([N+](=O)[O-])n1. The van der Waals surface area contributed by atoms with Gasteiger partial charge in [0.25, 0.3) is 0 Å². The molecule has 0 bridgehead atoms. The fraction of sp³-hybridized carbons (Fsp3) is 0.636. The summed E-state index contributed by atoms with van der Waals surface area (Å²) in [4.78, 5) is 21.8. The number of carbonyl (C=O) groups excluding carboxylic acids is 1. The molecular weight excluding hydrogens is 250 g/mol. The molecule has 0 saturated heterocycles. The molecule has 0 spiro atoms. The fourth-order valence-corrected chi connectivity index (χ4v) is 1.79. The van der Waals surface area contributed by atoms with Gasteiger partial charge in [-0.05, 0) is 17.8 Å². The minimum atomic E-state index is -0.601. The van der Waals surface area contributed by atoms with Crippen LogP contribution >= 0.6 is 0 Å². The molecule has 1 aromatic heterocycles. The number of nitrogens with one attached hydrogen (secondary N) is 1. The van der Waals surface area contributed by atoms with Crippen molar-refractivity contribution in [2.75, 3.05) is 6.54 Å². The van der Waals surface area contributed by atoms with Crippen LogP contribution < -0.4 is 11.1 Å². The predicted molar refractivity (Wildman–Crippen MR) is 69.4 cm³/mol. The largest absolute Gasteiger partial charge is 0.389 e. The van der Waals surface area contributed by atoms with Crippen molar-refractivity contribution < 1.29 is 9.72 Å². The zero-order valence-electron chi connectivity index (χ0n) is 11.1. The van der Waals surface area contributed by atoms with Gasteiger partial charge in [0.15, 0.2) is 0 Å². The van der Waals surface area contributed by atoms with Crippen molar-refractivity contribution in [3.8, 4) is 0 Å². The van der Waals surface area contributed by atoms with Crippen molar-refractivity contribution in [3.63, 3.8) is 0 Å². The highest BCUT2D eigenvalue weighted by Gasteiger charge is 2.26. The van der Waals surface area contributed by atoms with Gasteiger partial charge in [-0.15, -0.1) is 0 Å². The maximum absolute atomic E-state index is 11.9. The van der Waals surface area contributed by atoms with E-state index in [0.29, 0.717) is 6.54 Å². The summed E-state index contributed by atoms with van der Waals surface area (Å²) in [6, 6.07) is 1.25. The second-order valence-corrected chi connectivity index (χ2v) is 4.37. The third-order valence-electron chi connectivity index (χ3n) is 3.27. The summed E-state index contributed by atoms with van der Waals surface area (Å²) in [5, 5.41) is 17.0. The molecule has 0 fully saturated rings. The van der Waals surface area contributed by atoms with Gasteiger partial charge in [-0.3, -0.25) is 4.79 Å².